The molecule has 2 aromatic rings. The summed E-state index contributed by atoms with van der Waals surface area (Å²) in [5, 5.41) is 3.34. The van der Waals surface area contributed by atoms with Crippen LogP contribution in [0.5, 0.6) is 0 Å². The molecule has 6 nitrogen and oxygen atoms in total. The number of halogens is 3. The van der Waals surface area contributed by atoms with Crippen LogP contribution in [0.3, 0.4) is 0 Å². The van der Waals surface area contributed by atoms with Crippen LogP contribution in [0.15, 0.2) is 30.3 Å². The smallest absolute Gasteiger partial charge is 0.326 e. The molecule has 9 heteroatoms. The molecule has 3 rings (SSSR count). The highest BCUT2D eigenvalue weighted by Gasteiger charge is 2.37. The summed E-state index contributed by atoms with van der Waals surface area (Å²) in [5.74, 6) is -0.931. The number of amides is 2. The van der Waals surface area contributed by atoms with E-state index in [-0.39, 0.29) is 31.2 Å². The maximum atomic E-state index is 12.8. The standard InChI is InChI=1S/C17H17F3N4O2/c1-11-3-5-12(6-4-11)24-8-7-23(10-15(24)25)16(26)13-9-14(17(18,19)20)21-22(13)2/h3-6,9H,7-8,10H2,1-2H3. The summed E-state index contributed by atoms with van der Waals surface area (Å²) < 4.78 is 39.2. The first kappa shape index (κ1) is 18.0. The highest BCUT2D eigenvalue weighted by molar-refractivity contribution is 6.01. The zero-order valence-electron chi connectivity index (χ0n) is 14.2. The molecule has 1 aromatic heterocycles. The summed E-state index contributed by atoms with van der Waals surface area (Å²) in [5.41, 5.74) is 0.459. The molecule has 0 bridgehead atoms. The van der Waals surface area contributed by atoms with E-state index in [4.69, 9.17) is 0 Å². The van der Waals surface area contributed by atoms with E-state index in [1.807, 2.05) is 31.2 Å². The molecule has 1 fully saturated rings. The van der Waals surface area contributed by atoms with Gasteiger partial charge in [0.2, 0.25) is 5.91 Å². The SMILES string of the molecule is Cc1ccc(N2CCN(C(=O)c3cc(C(F)(F)F)nn3C)CC2=O)cc1. The van der Waals surface area contributed by atoms with Crippen molar-refractivity contribution in [1.82, 2.24) is 14.7 Å². The van der Waals surface area contributed by atoms with Crippen molar-refractivity contribution in [3.63, 3.8) is 0 Å². The van der Waals surface area contributed by atoms with Crippen LogP contribution < -0.4 is 4.90 Å². The third kappa shape index (κ3) is 3.42. The van der Waals surface area contributed by atoms with E-state index in [0.717, 1.165) is 15.9 Å². The molecule has 2 amide bonds. The number of carbonyl (C=O) groups excluding carboxylic acids is 2. The molecule has 0 spiro atoms. The molecule has 138 valence electrons. The number of benzene rings is 1. The minimum Gasteiger partial charge on any atom is -0.326 e. The second-order valence-electron chi connectivity index (χ2n) is 6.14. The lowest BCUT2D eigenvalue weighted by Crippen LogP contribution is -2.52. The van der Waals surface area contributed by atoms with Gasteiger partial charge in [-0.15, -0.1) is 0 Å². The first-order chi connectivity index (χ1) is 12.2. The van der Waals surface area contributed by atoms with E-state index in [2.05, 4.69) is 5.10 Å². The van der Waals surface area contributed by atoms with Gasteiger partial charge in [0.25, 0.3) is 5.91 Å². The van der Waals surface area contributed by atoms with Crippen molar-refractivity contribution in [3.05, 3.63) is 47.3 Å². The molecule has 0 atom stereocenters. The Kier molecular flexibility index (Phi) is 4.47. The Bertz CT molecular complexity index is 843. The Morgan fingerprint density at radius 3 is 2.35 bits per heavy atom. The van der Waals surface area contributed by atoms with Crippen molar-refractivity contribution in [2.45, 2.75) is 13.1 Å². The number of hydrogen-bond acceptors (Lipinski definition) is 3. The third-order valence-electron chi connectivity index (χ3n) is 4.24. The normalized spacial score (nSPS) is 15.5. The average molecular weight is 366 g/mol. The Balaban J connectivity index is 1.74. The molecule has 0 unspecified atom stereocenters. The van der Waals surface area contributed by atoms with Crippen molar-refractivity contribution >= 4 is 17.5 Å². The van der Waals surface area contributed by atoms with Gasteiger partial charge >= 0.3 is 6.18 Å². The van der Waals surface area contributed by atoms with Crippen molar-refractivity contribution in [3.8, 4) is 0 Å². The predicted molar refractivity (Wildman–Crippen MR) is 87.6 cm³/mol. The van der Waals surface area contributed by atoms with Gasteiger partial charge in [-0.3, -0.25) is 14.3 Å². The first-order valence-electron chi connectivity index (χ1n) is 7.94. The van der Waals surface area contributed by atoms with Crippen molar-refractivity contribution in [2.24, 2.45) is 7.05 Å². The van der Waals surface area contributed by atoms with Gasteiger partial charge in [0, 0.05) is 31.9 Å². The molecular formula is C17H17F3N4O2. The number of aromatic nitrogens is 2. The number of nitrogens with zero attached hydrogens (tertiary/aromatic N) is 4. The van der Waals surface area contributed by atoms with Gasteiger partial charge in [-0.2, -0.15) is 18.3 Å². The van der Waals surface area contributed by atoms with E-state index in [1.54, 1.807) is 4.90 Å². The highest BCUT2D eigenvalue weighted by atomic mass is 19.4. The lowest BCUT2D eigenvalue weighted by molar-refractivity contribution is -0.141. The molecule has 26 heavy (non-hydrogen) atoms. The van der Waals surface area contributed by atoms with E-state index >= 15 is 0 Å². The van der Waals surface area contributed by atoms with E-state index in [9.17, 15) is 22.8 Å². The van der Waals surface area contributed by atoms with Gasteiger partial charge < -0.3 is 9.80 Å². The zero-order chi connectivity index (χ0) is 19.1. The summed E-state index contributed by atoms with van der Waals surface area (Å²) in [7, 11) is 1.27. The second kappa shape index (κ2) is 6.47. The molecule has 0 N–H and O–H groups in total. The summed E-state index contributed by atoms with van der Waals surface area (Å²) >= 11 is 0. The minimum atomic E-state index is -4.63. The Hall–Kier alpha value is -2.84. The first-order valence-corrected chi connectivity index (χ1v) is 7.94. The van der Waals surface area contributed by atoms with Crippen LogP contribution in [0, 0.1) is 6.92 Å². The molecule has 0 aliphatic carbocycles. The van der Waals surface area contributed by atoms with Gasteiger partial charge in [0.1, 0.15) is 12.2 Å². The molecule has 1 aliphatic heterocycles. The van der Waals surface area contributed by atoms with E-state index in [1.165, 1.54) is 11.9 Å². The molecular weight excluding hydrogens is 349 g/mol. The van der Waals surface area contributed by atoms with Crippen molar-refractivity contribution < 1.29 is 22.8 Å². The van der Waals surface area contributed by atoms with E-state index in [0.29, 0.717) is 6.07 Å². The number of alkyl halides is 3. The second-order valence-corrected chi connectivity index (χ2v) is 6.14. The van der Waals surface area contributed by atoms with Crippen LogP contribution in [-0.2, 0) is 18.0 Å². The van der Waals surface area contributed by atoms with Crippen molar-refractivity contribution in [1.29, 1.82) is 0 Å². The molecule has 0 radical (unpaired) electrons. The lowest BCUT2D eigenvalue weighted by atomic mass is 10.2. The van der Waals surface area contributed by atoms with Crippen LogP contribution in [0.2, 0.25) is 0 Å². The van der Waals surface area contributed by atoms with Gasteiger partial charge in [-0.25, -0.2) is 0 Å². The molecule has 1 saturated heterocycles. The number of rotatable bonds is 2. The number of hydrogen-bond donors (Lipinski definition) is 0. The Labute approximate surface area is 147 Å². The van der Waals surface area contributed by atoms with Crippen LogP contribution >= 0.6 is 0 Å². The fraction of sp³-hybridized carbons (Fsp3) is 0.353. The predicted octanol–water partition coefficient (Wildman–Crippen LogP) is 2.24. The van der Waals surface area contributed by atoms with Crippen LogP contribution in [0.25, 0.3) is 0 Å². The van der Waals surface area contributed by atoms with Crippen LogP contribution in [0.1, 0.15) is 21.7 Å². The maximum Gasteiger partial charge on any atom is 0.435 e. The van der Waals surface area contributed by atoms with Crippen LogP contribution in [0.4, 0.5) is 18.9 Å². The van der Waals surface area contributed by atoms with Crippen molar-refractivity contribution in [2.75, 3.05) is 24.5 Å². The Morgan fingerprint density at radius 1 is 1.15 bits per heavy atom. The van der Waals surface area contributed by atoms with Gasteiger partial charge in [-0.05, 0) is 19.1 Å². The molecule has 1 aromatic carbocycles. The van der Waals surface area contributed by atoms with Gasteiger partial charge in [-0.1, -0.05) is 17.7 Å². The summed E-state index contributed by atoms with van der Waals surface area (Å²) in [4.78, 5) is 27.7. The van der Waals surface area contributed by atoms with E-state index < -0.39 is 17.8 Å². The number of anilines is 1. The maximum absolute atomic E-state index is 12.8. The minimum absolute atomic E-state index is 0.195. The fourth-order valence-electron chi connectivity index (χ4n) is 2.81. The Morgan fingerprint density at radius 2 is 1.81 bits per heavy atom. The largest absolute Gasteiger partial charge is 0.435 e. The molecule has 1 aliphatic rings. The van der Waals surface area contributed by atoms with Gasteiger partial charge in [0.05, 0.1) is 0 Å². The number of piperazine rings is 1. The lowest BCUT2D eigenvalue weighted by Gasteiger charge is -2.34. The topological polar surface area (TPSA) is 58.4 Å². The number of carbonyl (C=O) groups is 2. The van der Waals surface area contributed by atoms with Gasteiger partial charge in [0.15, 0.2) is 5.69 Å². The summed E-state index contributed by atoms with van der Waals surface area (Å²) in [6.45, 7) is 2.24. The highest BCUT2D eigenvalue weighted by Crippen LogP contribution is 2.29. The zero-order valence-corrected chi connectivity index (χ0v) is 14.2. The summed E-state index contributed by atoms with van der Waals surface area (Å²) in [6.07, 6.45) is -4.63. The third-order valence-corrected chi connectivity index (χ3v) is 4.24. The quantitative estimate of drug-likeness (QED) is 0.819. The average Bonchev–Trinajstić information content (AvgIpc) is 2.97. The number of aryl methyl sites for hydroxylation is 2. The molecule has 0 saturated carbocycles. The van der Waals surface area contributed by atoms with Crippen LogP contribution in [-0.4, -0.2) is 46.1 Å². The molecule has 2 heterocycles. The summed E-state index contributed by atoms with van der Waals surface area (Å²) in [6, 6.07) is 8.12. The fourth-order valence-corrected chi connectivity index (χ4v) is 2.81. The monoisotopic (exact) mass is 366 g/mol.